The van der Waals surface area contributed by atoms with Crippen molar-refractivity contribution in [3.05, 3.63) is 71.3 Å². The Morgan fingerprint density at radius 2 is 1.91 bits per heavy atom. The van der Waals surface area contributed by atoms with Crippen molar-refractivity contribution >= 4 is 27.4 Å². The third kappa shape index (κ3) is 5.03. The van der Waals surface area contributed by atoms with E-state index in [-0.39, 0.29) is 28.7 Å². The van der Waals surface area contributed by atoms with E-state index in [0.29, 0.717) is 23.4 Å². The topological polar surface area (TPSA) is 80.5 Å². The summed E-state index contributed by atoms with van der Waals surface area (Å²) in [6, 6.07) is 9.76. The Labute approximate surface area is 197 Å². The first-order valence-electron chi connectivity index (χ1n) is 10.7. The fraction of sp³-hybridized carbons (Fsp3) is 0.333. The number of sulfonamides is 1. The molecular weight excluding hydrogens is 467 g/mol. The number of aromatic nitrogens is 1. The average molecular weight is 491 g/mol. The quantitative estimate of drug-likeness (QED) is 0.438. The van der Waals surface area contributed by atoms with Crippen LogP contribution in [0.3, 0.4) is 0 Å². The first-order chi connectivity index (χ1) is 15.8. The smallest absolute Gasteiger partial charge is 0.243 e. The lowest BCUT2D eigenvalue weighted by atomic mass is 9.82. The van der Waals surface area contributed by atoms with Gasteiger partial charge in [-0.1, -0.05) is 30.5 Å². The van der Waals surface area contributed by atoms with E-state index in [1.165, 1.54) is 60.1 Å². The Hall–Kier alpha value is -2.55. The minimum absolute atomic E-state index is 0.0524. The van der Waals surface area contributed by atoms with Crippen LogP contribution in [0, 0.1) is 11.7 Å². The van der Waals surface area contributed by atoms with Gasteiger partial charge in [0.15, 0.2) is 0 Å². The summed E-state index contributed by atoms with van der Waals surface area (Å²) in [6.07, 6.45) is 5.66. The molecule has 9 heteroatoms. The maximum atomic E-state index is 15.1. The van der Waals surface area contributed by atoms with Crippen molar-refractivity contribution in [3.8, 4) is 11.5 Å². The van der Waals surface area contributed by atoms with Gasteiger partial charge in [0.25, 0.3) is 0 Å². The summed E-state index contributed by atoms with van der Waals surface area (Å²) in [5.41, 5.74) is 0.656. The average Bonchev–Trinajstić information content (AvgIpc) is 3.33. The number of ketones is 1. The maximum Gasteiger partial charge on any atom is 0.243 e. The highest BCUT2D eigenvalue weighted by atomic mass is 35.5. The molecule has 0 amide bonds. The molecule has 2 aromatic carbocycles. The molecule has 1 aliphatic carbocycles. The summed E-state index contributed by atoms with van der Waals surface area (Å²) in [5, 5.41) is 0.410. The van der Waals surface area contributed by atoms with Crippen molar-refractivity contribution in [2.75, 3.05) is 0 Å². The minimum atomic E-state index is -4.03. The van der Waals surface area contributed by atoms with Gasteiger partial charge in [0, 0.05) is 34.7 Å². The van der Waals surface area contributed by atoms with E-state index in [1.807, 2.05) is 0 Å². The van der Waals surface area contributed by atoms with Gasteiger partial charge in [-0.2, -0.15) is 4.31 Å². The molecule has 1 aliphatic rings. The molecule has 0 bridgehead atoms. The Morgan fingerprint density at radius 1 is 1.18 bits per heavy atom. The molecule has 1 saturated carbocycles. The highest BCUT2D eigenvalue weighted by Gasteiger charge is 2.39. The van der Waals surface area contributed by atoms with Gasteiger partial charge >= 0.3 is 0 Å². The summed E-state index contributed by atoms with van der Waals surface area (Å²) < 4.78 is 49.0. The van der Waals surface area contributed by atoms with Crippen LogP contribution >= 0.6 is 11.6 Å². The molecule has 1 heterocycles. The molecule has 0 saturated heterocycles. The second kappa shape index (κ2) is 9.75. The summed E-state index contributed by atoms with van der Waals surface area (Å²) >= 11 is 5.95. The molecule has 0 aliphatic heterocycles. The molecule has 33 heavy (non-hydrogen) atoms. The molecule has 0 spiro atoms. The fourth-order valence-electron chi connectivity index (χ4n) is 4.40. The van der Waals surface area contributed by atoms with Gasteiger partial charge in [0.2, 0.25) is 15.9 Å². The molecule has 2 atom stereocenters. The SMILES string of the molecule is CC(=O)[C@@H]1CCCC[C@H]1N(Cc1ccc(-c2ncco2)cc1F)S(=O)(=O)c1ccc(Cl)cc1. The van der Waals surface area contributed by atoms with E-state index in [0.717, 1.165) is 12.8 Å². The lowest BCUT2D eigenvalue weighted by Crippen LogP contribution is -2.47. The standard InChI is InChI=1S/C24H24ClFN2O4S/c1-16(29)21-4-2-3-5-23(21)28(33(30,31)20-10-8-19(25)9-11-20)15-18-7-6-17(14-22(18)26)24-27-12-13-32-24/h6-14,21,23H,2-5,15H2,1H3/t21-,23+/m0/s1. The van der Waals surface area contributed by atoms with Gasteiger partial charge in [0.05, 0.1) is 11.1 Å². The van der Waals surface area contributed by atoms with Crippen molar-refractivity contribution in [1.29, 1.82) is 0 Å². The molecule has 6 nitrogen and oxygen atoms in total. The molecule has 0 radical (unpaired) electrons. The van der Waals surface area contributed by atoms with E-state index in [9.17, 15) is 13.2 Å². The van der Waals surface area contributed by atoms with Crippen LogP contribution < -0.4 is 0 Å². The summed E-state index contributed by atoms with van der Waals surface area (Å²) in [7, 11) is -4.03. The largest absolute Gasteiger partial charge is 0.445 e. The van der Waals surface area contributed by atoms with Crippen LogP contribution in [-0.2, 0) is 21.4 Å². The van der Waals surface area contributed by atoms with Crippen LogP contribution in [0.25, 0.3) is 11.5 Å². The number of carbonyl (C=O) groups is 1. The van der Waals surface area contributed by atoms with E-state index in [2.05, 4.69) is 4.98 Å². The van der Waals surface area contributed by atoms with Crippen molar-refractivity contribution in [2.24, 2.45) is 5.92 Å². The summed E-state index contributed by atoms with van der Waals surface area (Å²) in [4.78, 5) is 16.5. The van der Waals surface area contributed by atoms with Gasteiger partial charge in [-0.05, 0) is 56.2 Å². The molecule has 1 fully saturated rings. The fourth-order valence-corrected chi connectivity index (χ4v) is 6.19. The number of oxazole rings is 1. The number of halogens is 2. The number of benzene rings is 2. The molecule has 174 valence electrons. The molecule has 4 rings (SSSR count). The third-order valence-electron chi connectivity index (χ3n) is 6.10. The highest BCUT2D eigenvalue weighted by molar-refractivity contribution is 7.89. The zero-order chi connectivity index (χ0) is 23.6. The number of hydrogen-bond donors (Lipinski definition) is 0. The van der Waals surface area contributed by atoms with Crippen LogP contribution in [0.1, 0.15) is 38.2 Å². The Balaban J connectivity index is 1.74. The van der Waals surface area contributed by atoms with Crippen LogP contribution in [0.15, 0.2) is 64.2 Å². The number of rotatable bonds is 7. The van der Waals surface area contributed by atoms with Crippen LogP contribution in [0.5, 0.6) is 0 Å². The van der Waals surface area contributed by atoms with E-state index in [1.54, 1.807) is 6.07 Å². The Morgan fingerprint density at radius 3 is 2.55 bits per heavy atom. The number of Topliss-reactive ketones (excluding diaryl/α,β-unsaturated/α-hetero) is 1. The van der Waals surface area contributed by atoms with E-state index < -0.39 is 27.8 Å². The number of carbonyl (C=O) groups excluding carboxylic acids is 1. The first kappa shape index (κ1) is 23.6. The zero-order valence-corrected chi connectivity index (χ0v) is 19.7. The first-order valence-corrected chi connectivity index (χ1v) is 12.6. The van der Waals surface area contributed by atoms with Gasteiger partial charge in [0.1, 0.15) is 17.9 Å². The van der Waals surface area contributed by atoms with Crippen molar-refractivity contribution in [3.63, 3.8) is 0 Å². The Kier molecular flexibility index (Phi) is 6.97. The lowest BCUT2D eigenvalue weighted by Gasteiger charge is -2.38. The monoisotopic (exact) mass is 490 g/mol. The highest BCUT2D eigenvalue weighted by Crippen LogP contribution is 2.35. The molecule has 1 aromatic heterocycles. The zero-order valence-electron chi connectivity index (χ0n) is 18.1. The second-order valence-corrected chi connectivity index (χ2v) is 10.5. The van der Waals surface area contributed by atoms with Crippen LogP contribution in [0.2, 0.25) is 5.02 Å². The summed E-state index contributed by atoms with van der Waals surface area (Å²) in [6.45, 7) is 1.29. The molecule has 0 unspecified atom stereocenters. The van der Waals surface area contributed by atoms with Crippen molar-refractivity contribution in [2.45, 2.75) is 50.1 Å². The Bertz CT molecular complexity index is 1230. The van der Waals surface area contributed by atoms with Gasteiger partial charge in [-0.3, -0.25) is 4.79 Å². The van der Waals surface area contributed by atoms with Gasteiger partial charge < -0.3 is 4.42 Å². The van der Waals surface area contributed by atoms with E-state index >= 15 is 4.39 Å². The van der Waals surface area contributed by atoms with Gasteiger partial charge in [-0.15, -0.1) is 0 Å². The predicted octanol–water partition coefficient (Wildman–Crippen LogP) is 5.47. The van der Waals surface area contributed by atoms with E-state index in [4.69, 9.17) is 16.0 Å². The van der Waals surface area contributed by atoms with Gasteiger partial charge in [-0.25, -0.2) is 17.8 Å². The molecular formula is C24H24ClFN2O4S. The maximum absolute atomic E-state index is 15.1. The lowest BCUT2D eigenvalue weighted by molar-refractivity contribution is -0.123. The molecule has 3 aromatic rings. The number of nitrogens with zero attached hydrogens (tertiary/aromatic N) is 2. The predicted molar refractivity (Wildman–Crippen MR) is 123 cm³/mol. The normalized spacial score (nSPS) is 19.0. The summed E-state index contributed by atoms with van der Waals surface area (Å²) in [5.74, 6) is -0.793. The third-order valence-corrected chi connectivity index (χ3v) is 8.24. The van der Waals surface area contributed by atoms with Crippen LogP contribution in [0.4, 0.5) is 4.39 Å². The number of hydrogen-bond acceptors (Lipinski definition) is 5. The van der Waals surface area contributed by atoms with Crippen molar-refractivity contribution in [1.82, 2.24) is 9.29 Å². The second-order valence-electron chi connectivity index (χ2n) is 8.22. The minimum Gasteiger partial charge on any atom is -0.445 e. The van der Waals surface area contributed by atoms with Crippen LogP contribution in [-0.4, -0.2) is 29.5 Å². The van der Waals surface area contributed by atoms with Crippen molar-refractivity contribution < 1.29 is 22.0 Å². The molecule has 0 N–H and O–H groups in total.